The molecule has 17 heavy (non-hydrogen) atoms. The molecule has 0 amide bonds. The van der Waals surface area contributed by atoms with Gasteiger partial charge >= 0.3 is 5.97 Å². The highest BCUT2D eigenvalue weighted by atomic mass is 79.9. The smallest absolute Gasteiger partial charge is 0.353 e. The lowest BCUT2D eigenvalue weighted by atomic mass is 10.1. The Balaban J connectivity index is 2.56. The van der Waals surface area contributed by atoms with E-state index < -0.39 is 17.5 Å². The van der Waals surface area contributed by atoms with Gasteiger partial charge in [-0.25, -0.2) is 9.18 Å². The minimum absolute atomic E-state index is 0.112. The van der Waals surface area contributed by atoms with E-state index in [0.29, 0.717) is 4.47 Å². The molecular formula is C10H6BrFN2O3. The molecule has 3 N–H and O–H groups in total. The van der Waals surface area contributed by atoms with Gasteiger partial charge in [0, 0.05) is 10.0 Å². The van der Waals surface area contributed by atoms with Gasteiger partial charge in [-0.05, 0) is 18.2 Å². The summed E-state index contributed by atoms with van der Waals surface area (Å²) >= 11 is 3.07. The highest BCUT2D eigenvalue weighted by Crippen LogP contribution is 2.33. The number of aromatic amines is 1. The number of rotatable bonds is 2. The summed E-state index contributed by atoms with van der Waals surface area (Å²) in [4.78, 5) is 10.6. The molecule has 5 nitrogen and oxygen atoms in total. The normalized spacial score (nSPS) is 10.5. The van der Waals surface area contributed by atoms with Gasteiger partial charge in [-0.15, -0.1) is 0 Å². The lowest BCUT2D eigenvalue weighted by molar-refractivity contribution is 0.0690. The quantitative estimate of drug-likeness (QED) is 0.795. The number of aromatic nitrogens is 2. The molecule has 0 spiro atoms. The topological polar surface area (TPSA) is 86.2 Å². The number of halogens is 2. The number of carbonyl (C=O) groups is 1. The number of H-pyrrole nitrogens is 1. The van der Waals surface area contributed by atoms with Crippen molar-refractivity contribution in [3.05, 3.63) is 34.2 Å². The van der Waals surface area contributed by atoms with Crippen LogP contribution in [0.1, 0.15) is 10.5 Å². The second-order valence-electron chi connectivity index (χ2n) is 3.26. The fraction of sp³-hybridized carbons (Fsp3) is 0. The molecule has 2 aromatic rings. The van der Waals surface area contributed by atoms with Gasteiger partial charge < -0.3 is 10.2 Å². The Labute approximate surface area is 103 Å². The van der Waals surface area contributed by atoms with Crippen molar-refractivity contribution >= 4 is 21.9 Å². The maximum Gasteiger partial charge on any atom is 0.353 e. The van der Waals surface area contributed by atoms with Crippen LogP contribution < -0.4 is 0 Å². The van der Waals surface area contributed by atoms with Gasteiger partial charge in [-0.2, -0.15) is 5.10 Å². The monoisotopic (exact) mass is 300 g/mol. The number of aromatic hydroxyl groups is 1. The number of phenols is 1. The van der Waals surface area contributed by atoms with Crippen LogP contribution in [0.5, 0.6) is 5.75 Å². The summed E-state index contributed by atoms with van der Waals surface area (Å²) in [6.45, 7) is 0. The average Bonchev–Trinajstić information content (AvgIpc) is 2.72. The molecule has 0 aliphatic rings. The van der Waals surface area contributed by atoms with E-state index in [1.807, 2.05) is 0 Å². The van der Waals surface area contributed by atoms with Crippen LogP contribution >= 0.6 is 15.9 Å². The van der Waals surface area contributed by atoms with Gasteiger partial charge in [0.25, 0.3) is 0 Å². The van der Waals surface area contributed by atoms with Gasteiger partial charge in [-0.1, -0.05) is 15.9 Å². The molecule has 1 aromatic carbocycles. The lowest BCUT2D eigenvalue weighted by Gasteiger charge is -2.03. The maximum atomic E-state index is 13.3. The van der Waals surface area contributed by atoms with Gasteiger partial charge in [-0.3, -0.25) is 5.10 Å². The summed E-state index contributed by atoms with van der Waals surface area (Å²) < 4.78 is 13.7. The van der Waals surface area contributed by atoms with Crippen molar-refractivity contribution in [2.45, 2.75) is 0 Å². The molecule has 0 saturated carbocycles. The first-order valence-corrected chi connectivity index (χ1v) is 5.25. The number of carboxylic acids is 1. The Bertz CT molecular complexity index is 597. The predicted octanol–water partition coefficient (Wildman–Crippen LogP) is 2.38. The minimum atomic E-state index is -1.18. The van der Waals surface area contributed by atoms with E-state index in [1.165, 1.54) is 12.1 Å². The molecule has 0 saturated heterocycles. The molecule has 88 valence electrons. The fourth-order valence-electron chi connectivity index (χ4n) is 1.33. The van der Waals surface area contributed by atoms with E-state index >= 15 is 0 Å². The molecule has 0 atom stereocenters. The van der Waals surface area contributed by atoms with E-state index in [4.69, 9.17) is 5.11 Å². The van der Waals surface area contributed by atoms with Gasteiger partial charge in [0.05, 0.1) is 5.69 Å². The molecule has 7 heteroatoms. The van der Waals surface area contributed by atoms with Crippen molar-refractivity contribution in [1.29, 1.82) is 0 Å². The van der Waals surface area contributed by atoms with Crippen LogP contribution in [0.15, 0.2) is 22.7 Å². The number of hydrogen-bond acceptors (Lipinski definition) is 3. The molecule has 0 aliphatic carbocycles. The Hall–Kier alpha value is -1.89. The van der Waals surface area contributed by atoms with Crippen LogP contribution in [-0.2, 0) is 0 Å². The van der Waals surface area contributed by atoms with Crippen LogP contribution in [-0.4, -0.2) is 26.4 Å². The standard InChI is InChI=1S/C10H6BrFN2O3/c11-4-1-5(9(15)6(12)2-4)7-3-8(10(16)17)14-13-7/h1-3,15H,(H,13,14)(H,16,17). The van der Waals surface area contributed by atoms with E-state index in [1.54, 1.807) is 0 Å². The summed E-state index contributed by atoms with van der Waals surface area (Å²) in [7, 11) is 0. The average molecular weight is 301 g/mol. The first-order valence-electron chi connectivity index (χ1n) is 4.46. The van der Waals surface area contributed by atoms with Crippen molar-refractivity contribution in [3.63, 3.8) is 0 Å². The first kappa shape index (κ1) is 11.6. The van der Waals surface area contributed by atoms with Crippen molar-refractivity contribution in [2.24, 2.45) is 0 Å². The van der Waals surface area contributed by atoms with Crippen molar-refractivity contribution < 1.29 is 19.4 Å². The number of nitrogens with one attached hydrogen (secondary N) is 1. The van der Waals surface area contributed by atoms with Crippen LogP contribution in [0.4, 0.5) is 4.39 Å². The largest absolute Gasteiger partial charge is 0.504 e. The molecule has 0 radical (unpaired) electrons. The highest BCUT2D eigenvalue weighted by Gasteiger charge is 2.15. The maximum absolute atomic E-state index is 13.3. The number of benzene rings is 1. The molecule has 0 unspecified atom stereocenters. The molecule has 0 fully saturated rings. The van der Waals surface area contributed by atoms with Crippen LogP contribution in [0.2, 0.25) is 0 Å². The van der Waals surface area contributed by atoms with Crippen LogP contribution in [0.25, 0.3) is 11.3 Å². The second-order valence-corrected chi connectivity index (χ2v) is 4.17. The van der Waals surface area contributed by atoms with E-state index in [9.17, 15) is 14.3 Å². The zero-order chi connectivity index (χ0) is 12.6. The number of carboxylic acid groups (broad SMARTS) is 1. The number of hydrogen-bond donors (Lipinski definition) is 3. The zero-order valence-electron chi connectivity index (χ0n) is 8.24. The van der Waals surface area contributed by atoms with Crippen molar-refractivity contribution in [3.8, 4) is 17.0 Å². The number of phenolic OH excluding ortho intramolecular Hbond substituents is 1. The lowest BCUT2D eigenvalue weighted by Crippen LogP contribution is -1.95. The summed E-state index contributed by atoms with van der Waals surface area (Å²) in [5.74, 6) is -2.57. The van der Waals surface area contributed by atoms with Crippen molar-refractivity contribution in [2.75, 3.05) is 0 Å². The van der Waals surface area contributed by atoms with E-state index in [0.717, 1.165) is 6.07 Å². The Kier molecular flexibility index (Phi) is 2.84. The summed E-state index contributed by atoms with van der Waals surface area (Å²) in [6.07, 6.45) is 0. The zero-order valence-corrected chi connectivity index (χ0v) is 9.82. The van der Waals surface area contributed by atoms with E-state index in [2.05, 4.69) is 26.1 Å². The third kappa shape index (κ3) is 2.14. The molecule has 2 rings (SSSR count). The fourth-order valence-corrected chi connectivity index (χ4v) is 1.76. The number of nitrogens with zero attached hydrogens (tertiary/aromatic N) is 1. The molecular weight excluding hydrogens is 295 g/mol. The third-order valence-corrected chi connectivity index (χ3v) is 2.57. The minimum Gasteiger partial charge on any atom is -0.504 e. The first-order chi connectivity index (χ1) is 7.99. The van der Waals surface area contributed by atoms with Gasteiger partial charge in [0.2, 0.25) is 0 Å². The van der Waals surface area contributed by atoms with Gasteiger partial charge in [0.15, 0.2) is 11.6 Å². The van der Waals surface area contributed by atoms with Gasteiger partial charge in [0.1, 0.15) is 5.69 Å². The summed E-state index contributed by atoms with van der Waals surface area (Å²) in [5, 5.41) is 24.2. The highest BCUT2D eigenvalue weighted by molar-refractivity contribution is 9.10. The molecule has 1 heterocycles. The third-order valence-electron chi connectivity index (χ3n) is 2.11. The van der Waals surface area contributed by atoms with Crippen LogP contribution in [0.3, 0.4) is 0 Å². The summed E-state index contributed by atoms with van der Waals surface area (Å²) in [6, 6.07) is 3.76. The SMILES string of the molecule is O=C(O)c1cc(-c2cc(Br)cc(F)c2O)n[nH]1. The number of aromatic carboxylic acids is 1. The van der Waals surface area contributed by atoms with Crippen molar-refractivity contribution in [1.82, 2.24) is 10.2 Å². The van der Waals surface area contributed by atoms with Crippen LogP contribution in [0, 0.1) is 5.82 Å². The Morgan fingerprint density at radius 1 is 1.41 bits per heavy atom. The Morgan fingerprint density at radius 2 is 2.12 bits per heavy atom. The predicted molar refractivity (Wildman–Crippen MR) is 60.3 cm³/mol. The molecule has 0 bridgehead atoms. The Morgan fingerprint density at radius 3 is 2.71 bits per heavy atom. The molecule has 0 aliphatic heterocycles. The second kappa shape index (κ2) is 4.17. The van der Waals surface area contributed by atoms with E-state index in [-0.39, 0.29) is 17.0 Å². The molecule has 1 aromatic heterocycles. The summed E-state index contributed by atoms with van der Waals surface area (Å²) in [5.41, 5.74) is 0.125.